The van der Waals surface area contributed by atoms with Gasteiger partial charge >= 0.3 is 0 Å². The highest BCUT2D eigenvalue weighted by Crippen LogP contribution is 2.18. The van der Waals surface area contributed by atoms with Crippen molar-refractivity contribution < 1.29 is 9.59 Å². The van der Waals surface area contributed by atoms with Crippen LogP contribution >= 0.6 is 0 Å². The summed E-state index contributed by atoms with van der Waals surface area (Å²) in [6.45, 7) is 5.56. The minimum atomic E-state index is -0.442. The molecule has 1 aromatic carbocycles. The van der Waals surface area contributed by atoms with Crippen LogP contribution in [0.5, 0.6) is 0 Å². The first-order chi connectivity index (χ1) is 9.20. The molecule has 0 aliphatic carbocycles. The van der Waals surface area contributed by atoms with E-state index in [0.717, 1.165) is 0 Å². The predicted octanol–water partition coefficient (Wildman–Crippen LogP) is 2.93. The topological polar surface area (TPSA) is 49.4 Å². The van der Waals surface area contributed by atoms with Crippen molar-refractivity contribution in [3.8, 4) is 0 Å². The fourth-order valence-electron chi connectivity index (χ4n) is 1.35. The highest BCUT2D eigenvalue weighted by atomic mass is 16.2. The van der Waals surface area contributed by atoms with E-state index < -0.39 is 5.41 Å². The molecular formula is C16H22N2O2. The number of ketones is 1. The van der Waals surface area contributed by atoms with Crippen LogP contribution in [-0.2, 0) is 4.79 Å². The first-order valence-electron chi connectivity index (χ1n) is 6.50. The fraction of sp³-hybridized carbons (Fsp3) is 0.375. The zero-order chi connectivity index (χ0) is 15.3. The van der Waals surface area contributed by atoms with Gasteiger partial charge in [0.25, 0.3) is 0 Å². The number of hydrogen-bond donors (Lipinski definition) is 1. The van der Waals surface area contributed by atoms with Crippen LogP contribution in [0.2, 0.25) is 0 Å². The Bertz CT molecular complexity index is 508. The maximum Gasteiger partial charge on any atom is 0.229 e. The van der Waals surface area contributed by atoms with Gasteiger partial charge in [0.15, 0.2) is 5.78 Å². The maximum atomic E-state index is 11.8. The number of amides is 1. The summed E-state index contributed by atoms with van der Waals surface area (Å²) in [7, 11) is 3.71. The molecule has 0 aliphatic heterocycles. The van der Waals surface area contributed by atoms with Crippen LogP contribution in [0, 0.1) is 5.41 Å². The van der Waals surface area contributed by atoms with Crippen molar-refractivity contribution >= 4 is 17.4 Å². The number of hydrogen-bond acceptors (Lipinski definition) is 3. The van der Waals surface area contributed by atoms with E-state index in [0.29, 0.717) is 11.3 Å². The molecule has 0 bridgehead atoms. The lowest BCUT2D eigenvalue weighted by Gasteiger charge is -2.17. The SMILES string of the molecule is CN(C)/C=C/C(=O)c1ccc(NC(=O)C(C)(C)C)cc1. The molecule has 0 unspecified atom stereocenters. The largest absolute Gasteiger partial charge is 0.383 e. The minimum Gasteiger partial charge on any atom is -0.383 e. The molecule has 0 saturated carbocycles. The summed E-state index contributed by atoms with van der Waals surface area (Å²) in [6, 6.07) is 6.89. The van der Waals surface area contributed by atoms with E-state index in [-0.39, 0.29) is 11.7 Å². The van der Waals surface area contributed by atoms with E-state index in [4.69, 9.17) is 0 Å². The Morgan fingerprint density at radius 3 is 2.10 bits per heavy atom. The van der Waals surface area contributed by atoms with Gasteiger partial charge in [0, 0.05) is 43.0 Å². The molecule has 0 atom stereocenters. The van der Waals surface area contributed by atoms with Gasteiger partial charge in [0.05, 0.1) is 0 Å². The maximum absolute atomic E-state index is 11.8. The Balaban J connectivity index is 2.74. The zero-order valence-electron chi connectivity index (χ0n) is 12.7. The quantitative estimate of drug-likeness (QED) is 0.678. The van der Waals surface area contributed by atoms with Crippen molar-refractivity contribution in [2.24, 2.45) is 5.41 Å². The Morgan fingerprint density at radius 1 is 1.10 bits per heavy atom. The van der Waals surface area contributed by atoms with Gasteiger partial charge in [-0.25, -0.2) is 0 Å². The van der Waals surface area contributed by atoms with Crippen LogP contribution in [0.3, 0.4) is 0 Å². The molecule has 0 heterocycles. The van der Waals surface area contributed by atoms with Crippen molar-refractivity contribution in [2.75, 3.05) is 19.4 Å². The standard InChI is InChI=1S/C16H22N2O2/c1-16(2,3)15(20)17-13-8-6-12(7-9-13)14(19)10-11-18(4)5/h6-11H,1-5H3,(H,17,20)/b11-10+. The van der Waals surface area contributed by atoms with E-state index in [1.54, 1.807) is 35.4 Å². The number of nitrogens with one attached hydrogen (secondary N) is 1. The van der Waals surface area contributed by atoms with Crippen molar-refractivity contribution in [1.82, 2.24) is 4.90 Å². The van der Waals surface area contributed by atoms with Gasteiger partial charge in [0.2, 0.25) is 5.91 Å². The first kappa shape index (κ1) is 16.0. The van der Waals surface area contributed by atoms with Gasteiger partial charge in [-0.15, -0.1) is 0 Å². The number of carbonyl (C=O) groups is 2. The highest BCUT2D eigenvalue weighted by Gasteiger charge is 2.21. The second-order valence-corrected chi connectivity index (χ2v) is 5.93. The molecule has 1 aromatic rings. The molecule has 1 rings (SSSR count). The Morgan fingerprint density at radius 2 is 1.65 bits per heavy atom. The van der Waals surface area contributed by atoms with Gasteiger partial charge in [-0.3, -0.25) is 9.59 Å². The van der Waals surface area contributed by atoms with Gasteiger partial charge < -0.3 is 10.2 Å². The first-order valence-corrected chi connectivity index (χ1v) is 6.50. The third kappa shape index (κ3) is 4.88. The highest BCUT2D eigenvalue weighted by molar-refractivity contribution is 6.04. The molecular weight excluding hydrogens is 252 g/mol. The van der Waals surface area contributed by atoms with Crippen LogP contribution in [-0.4, -0.2) is 30.7 Å². The normalized spacial score (nSPS) is 11.4. The lowest BCUT2D eigenvalue weighted by atomic mass is 9.95. The van der Waals surface area contributed by atoms with E-state index in [1.165, 1.54) is 6.08 Å². The van der Waals surface area contributed by atoms with Crippen LogP contribution < -0.4 is 5.32 Å². The second-order valence-electron chi connectivity index (χ2n) is 5.93. The zero-order valence-corrected chi connectivity index (χ0v) is 12.7. The number of benzene rings is 1. The summed E-state index contributed by atoms with van der Waals surface area (Å²) in [6.07, 6.45) is 3.22. The predicted molar refractivity (Wildman–Crippen MR) is 81.7 cm³/mol. The van der Waals surface area contributed by atoms with E-state index in [1.807, 2.05) is 34.9 Å². The third-order valence-electron chi connectivity index (χ3n) is 2.63. The summed E-state index contributed by atoms with van der Waals surface area (Å²) >= 11 is 0. The number of allylic oxidation sites excluding steroid dienone is 1. The van der Waals surface area contributed by atoms with Gasteiger partial charge in [0.1, 0.15) is 0 Å². The lowest BCUT2D eigenvalue weighted by molar-refractivity contribution is -0.123. The monoisotopic (exact) mass is 274 g/mol. The smallest absolute Gasteiger partial charge is 0.229 e. The Labute approximate surface area is 120 Å². The molecule has 20 heavy (non-hydrogen) atoms. The molecule has 0 saturated heterocycles. The molecule has 0 radical (unpaired) electrons. The summed E-state index contributed by atoms with van der Waals surface area (Å²) < 4.78 is 0. The summed E-state index contributed by atoms with van der Waals surface area (Å²) in [5.41, 5.74) is 0.845. The van der Waals surface area contributed by atoms with Crippen molar-refractivity contribution in [3.63, 3.8) is 0 Å². The number of rotatable bonds is 4. The number of carbonyl (C=O) groups excluding carboxylic acids is 2. The number of nitrogens with zero attached hydrogens (tertiary/aromatic N) is 1. The fourth-order valence-corrected chi connectivity index (χ4v) is 1.35. The van der Waals surface area contributed by atoms with Gasteiger partial charge in [-0.1, -0.05) is 20.8 Å². The molecule has 1 amide bonds. The Hall–Kier alpha value is -2.10. The van der Waals surface area contributed by atoms with Crippen molar-refractivity contribution in [3.05, 3.63) is 42.1 Å². The van der Waals surface area contributed by atoms with E-state index >= 15 is 0 Å². The van der Waals surface area contributed by atoms with Gasteiger partial charge in [-0.2, -0.15) is 0 Å². The molecule has 4 heteroatoms. The van der Waals surface area contributed by atoms with Crippen LogP contribution in [0.25, 0.3) is 0 Å². The van der Waals surface area contributed by atoms with Crippen LogP contribution in [0.4, 0.5) is 5.69 Å². The van der Waals surface area contributed by atoms with Crippen LogP contribution in [0.15, 0.2) is 36.5 Å². The molecule has 0 aliphatic rings. The van der Waals surface area contributed by atoms with Crippen LogP contribution in [0.1, 0.15) is 31.1 Å². The molecule has 0 fully saturated rings. The Kier molecular flexibility index (Phi) is 5.08. The lowest BCUT2D eigenvalue weighted by Crippen LogP contribution is -2.27. The van der Waals surface area contributed by atoms with Gasteiger partial charge in [-0.05, 0) is 24.3 Å². The number of anilines is 1. The van der Waals surface area contributed by atoms with Crippen molar-refractivity contribution in [2.45, 2.75) is 20.8 Å². The van der Waals surface area contributed by atoms with E-state index in [9.17, 15) is 9.59 Å². The minimum absolute atomic E-state index is 0.0518. The van der Waals surface area contributed by atoms with Crippen molar-refractivity contribution in [1.29, 1.82) is 0 Å². The third-order valence-corrected chi connectivity index (χ3v) is 2.63. The average Bonchev–Trinajstić information content (AvgIpc) is 2.35. The summed E-state index contributed by atoms with van der Waals surface area (Å²) in [4.78, 5) is 25.5. The molecule has 4 nitrogen and oxygen atoms in total. The van der Waals surface area contributed by atoms with E-state index in [2.05, 4.69) is 5.32 Å². The molecule has 0 spiro atoms. The molecule has 108 valence electrons. The molecule has 1 N–H and O–H groups in total. The average molecular weight is 274 g/mol. The summed E-state index contributed by atoms with van der Waals surface area (Å²) in [5, 5.41) is 2.82. The molecule has 0 aromatic heterocycles. The second kappa shape index (κ2) is 6.37. The summed E-state index contributed by atoms with van der Waals surface area (Å²) in [5.74, 6) is -0.114.